The molecule has 150 valence electrons. The van der Waals surface area contributed by atoms with Crippen LogP contribution in [-0.4, -0.2) is 29.7 Å². The first-order valence-electron chi connectivity index (χ1n) is 10.9. The van der Waals surface area contributed by atoms with E-state index in [0.29, 0.717) is 29.8 Å². The first kappa shape index (κ1) is 20.8. The average molecular weight is 377 g/mol. The molecule has 0 aliphatic carbocycles. The van der Waals surface area contributed by atoms with E-state index < -0.39 is 0 Å². The third kappa shape index (κ3) is 5.54. The number of benzene rings is 2. The van der Waals surface area contributed by atoms with Crippen LogP contribution in [0, 0.1) is 17.8 Å². The van der Waals surface area contributed by atoms with Crippen molar-refractivity contribution in [2.24, 2.45) is 22.7 Å². The molecule has 1 aliphatic rings. The number of piperidine rings is 1. The van der Waals surface area contributed by atoms with E-state index in [2.05, 4.69) is 99.5 Å². The SMILES string of the molecule is CC(C)C[C@@H]1[C@@H](N=Cc2ccccc2)[C@@H](C(C)C)CCN1Cc1ccccc1. The predicted octanol–water partition coefficient (Wildman–Crippen LogP) is 6.07. The summed E-state index contributed by atoms with van der Waals surface area (Å²) in [6.45, 7) is 11.6. The van der Waals surface area contributed by atoms with Crippen LogP contribution in [-0.2, 0) is 6.54 Å². The van der Waals surface area contributed by atoms with Gasteiger partial charge < -0.3 is 0 Å². The molecular weight excluding hydrogens is 340 g/mol. The van der Waals surface area contributed by atoms with Gasteiger partial charge in [0.25, 0.3) is 0 Å². The lowest BCUT2D eigenvalue weighted by atomic mass is 9.76. The van der Waals surface area contributed by atoms with Crippen LogP contribution >= 0.6 is 0 Å². The van der Waals surface area contributed by atoms with Gasteiger partial charge in [0.15, 0.2) is 0 Å². The molecule has 0 radical (unpaired) electrons. The number of rotatable bonds is 7. The number of aliphatic imine (C=N–C) groups is 1. The molecule has 2 nitrogen and oxygen atoms in total. The maximum atomic E-state index is 5.22. The molecule has 0 N–H and O–H groups in total. The Kier molecular flexibility index (Phi) is 7.44. The molecule has 0 saturated carbocycles. The first-order valence-corrected chi connectivity index (χ1v) is 10.9. The van der Waals surface area contributed by atoms with E-state index in [1.54, 1.807) is 0 Å². The highest BCUT2D eigenvalue weighted by Gasteiger charge is 2.39. The fraction of sp³-hybridized carbons (Fsp3) is 0.500. The van der Waals surface area contributed by atoms with Gasteiger partial charge in [0.1, 0.15) is 0 Å². The highest BCUT2D eigenvalue weighted by Crippen LogP contribution is 2.35. The van der Waals surface area contributed by atoms with Crippen molar-refractivity contribution in [1.82, 2.24) is 4.90 Å². The van der Waals surface area contributed by atoms with Crippen molar-refractivity contribution >= 4 is 6.21 Å². The normalized spacial score (nSPS) is 23.7. The Morgan fingerprint density at radius 3 is 2.21 bits per heavy atom. The van der Waals surface area contributed by atoms with Crippen LogP contribution < -0.4 is 0 Å². The Morgan fingerprint density at radius 2 is 1.61 bits per heavy atom. The molecule has 1 fully saturated rings. The second kappa shape index (κ2) is 10.0. The van der Waals surface area contributed by atoms with Gasteiger partial charge in [-0.05, 0) is 48.3 Å². The van der Waals surface area contributed by atoms with Gasteiger partial charge in [0.2, 0.25) is 0 Å². The number of hydrogen-bond acceptors (Lipinski definition) is 2. The van der Waals surface area contributed by atoms with Crippen molar-refractivity contribution in [2.45, 2.75) is 59.2 Å². The molecule has 0 spiro atoms. The highest BCUT2D eigenvalue weighted by molar-refractivity contribution is 5.79. The van der Waals surface area contributed by atoms with Gasteiger partial charge in [0.05, 0.1) is 6.04 Å². The van der Waals surface area contributed by atoms with Crippen LogP contribution in [0.1, 0.15) is 51.7 Å². The van der Waals surface area contributed by atoms with E-state index >= 15 is 0 Å². The van der Waals surface area contributed by atoms with Gasteiger partial charge in [-0.1, -0.05) is 88.4 Å². The molecule has 0 unspecified atom stereocenters. The predicted molar refractivity (Wildman–Crippen MR) is 121 cm³/mol. The summed E-state index contributed by atoms with van der Waals surface area (Å²) in [5.41, 5.74) is 2.61. The molecule has 0 bridgehead atoms. The fourth-order valence-electron chi connectivity index (χ4n) is 4.59. The Morgan fingerprint density at radius 1 is 0.964 bits per heavy atom. The number of hydrogen-bond donors (Lipinski definition) is 0. The van der Waals surface area contributed by atoms with Crippen LogP contribution in [0.5, 0.6) is 0 Å². The van der Waals surface area contributed by atoms with Crippen molar-refractivity contribution < 1.29 is 0 Å². The molecule has 1 heterocycles. The van der Waals surface area contributed by atoms with Gasteiger partial charge in [-0.15, -0.1) is 0 Å². The van der Waals surface area contributed by atoms with Crippen LogP contribution in [0.2, 0.25) is 0 Å². The van der Waals surface area contributed by atoms with E-state index in [1.165, 1.54) is 30.5 Å². The second-order valence-corrected chi connectivity index (χ2v) is 9.03. The van der Waals surface area contributed by atoms with Crippen molar-refractivity contribution in [3.05, 3.63) is 71.8 Å². The minimum Gasteiger partial charge on any atom is -0.294 e. The van der Waals surface area contributed by atoms with E-state index in [9.17, 15) is 0 Å². The third-order valence-electron chi connectivity index (χ3n) is 6.04. The monoisotopic (exact) mass is 376 g/mol. The van der Waals surface area contributed by atoms with Crippen LogP contribution in [0.4, 0.5) is 0 Å². The highest BCUT2D eigenvalue weighted by atomic mass is 15.2. The summed E-state index contributed by atoms with van der Waals surface area (Å²) >= 11 is 0. The fourth-order valence-corrected chi connectivity index (χ4v) is 4.59. The molecule has 2 aromatic rings. The Hall–Kier alpha value is -1.93. The van der Waals surface area contributed by atoms with E-state index in [0.717, 1.165) is 6.54 Å². The van der Waals surface area contributed by atoms with E-state index in [-0.39, 0.29) is 0 Å². The summed E-state index contributed by atoms with van der Waals surface area (Å²) in [7, 11) is 0. The second-order valence-electron chi connectivity index (χ2n) is 9.03. The van der Waals surface area contributed by atoms with Gasteiger partial charge in [-0.25, -0.2) is 0 Å². The lowest BCUT2D eigenvalue weighted by Gasteiger charge is -2.46. The Labute approximate surface area is 171 Å². The van der Waals surface area contributed by atoms with Crippen molar-refractivity contribution in [3.8, 4) is 0 Å². The topological polar surface area (TPSA) is 15.6 Å². The largest absolute Gasteiger partial charge is 0.294 e. The first-order chi connectivity index (χ1) is 13.5. The molecule has 2 aromatic carbocycles. The summed E-state index contributed by atoms with van der Waals surface area (Å²) < 4.78 is 0. The smallest absolute Gasteiger partial charge is 0.0686 e. The molecule has 0 amide bonds. The summed E-state index contributed by atoms with van der Waals surface area (Å²) in [5, 5.41) is 0. The maximum absolute atomic E-state index is 5.22. The molecule has 1 aliphatic heterocycles. The third-order valence-corrected chi connectivity index (χ3v) is 6.04. The van der Waals surface area contributed by atoms with Gasteiger partial charge in [-0.3, -0.25) is 9.89 Å². The van der Waals surface area contributed by atoms with Gasteiger partial charge in [-0.2, -0.15) is 0 Å². The standard InChI is InChI=1S/C26H36N2/c1-20(2)17-25-26(27-18-22-11-7-5-8-12-22)24(21(3)4)15-16-28(25)19-23-13-9-6-10-14-23/h5-14,18,20-21,24-26H,15-17,19H2,1-4H3/t24-,25-,26+/m1/s1. The zero-order chi connectivity index (χ0) is 19.9. The molecule has 3 atom stereocenters. The minimum absolute atomic E-state index is 0.361. The molecule has 28 heavy (non-hydrogen) atoms. The Bertz CT molecular complexity index is 721. The van der Waals surface area contributed by atoms with Crippen LogP contribution in [0.25, 0.3) is 0 Å². The molecule has 3 rings (SSSR count). The molecule has 1 saturated heterocycles. The zero-order valence-electron chi connectivity index (χ0n) is 18.0. The van der Waals surface area contributed by atoms with Crippen molar-refractivity contribution in [1.29, 1.82) is 0 Å². The molecular formula is C26H36N2. The summed E-state index contributed by atoms with van der Waals surface area (Å²) in [5.74, 6) is 1.98. The van der Waals surface area contributed by atoms with Gasteiger partial charge in [0, 0.05) is 18.8 Å². The van der Waals surface area contributed by atoms with E-state index in [4.69, 9.17) is 4.99 Å². The summed E-state index contributed by atoms with van der Waals surface area (Å²) in [4.78, 5) is 7.91. The van der Waals surface area contributed by atoms with Crippen LogP contribution in [0.15, 0.2) is 65.7 Å². The maximum Gasteiger partial charge on any atom is 0.0686 e. The van der Waals surface area contributed by atoms with Crippen molar-refractivity contribution in [3.63, 3.8) is 0 Å². The van der Waals surface area contributed by atoms with E-state index in [1.807, 2.05) is 0 Å². The lowest BCUT2D eigenvalue weighted by molar-refractivity contribution is 0.0527. The van der Waals surface area contributed by atoms with Crippen LogP contribution in [0.3, 0.4) is 0 Å². The Balaban J connectivity index is 1.87. The summed E-state index contributed by atoms with van der Waals surface area (Å²) in [6.07, 6.45) is 4.54. The lowest BCUT2D eigenvalue weighted by Crippen LogP contribution is -2.53. The quantitative estimate of drug-likeness (QED) is 0.536. The molecule has 0 aromatic heterocycles. The number of nitrogens with zero attached hydrogens (tertiary/aromatic N) is 2. The minimum atomic E-state index is 0.361. The zero-order valence-corrected chi connectivity index (χ0v) is 18.0. The summed E-state index contributed by atoms with van der Waals surface area (Å²) in [6, 6.07) is 22.3. The number of likely N-dealkylation sites (tertiary alicyclic amines) is 1. The average Bonchev–Trinajstić information content (AvgIpc) is 2.69. The van der Waals surface area contributed by atoms with Gasteiger partial charge >= 0.3 is 0 Å². The van der Waals surface area contributed by atoms with Crippen molar-refractivity contribution in [2.75, 3.05) is 6.54 Å². The molecule has 2 heteroatoms.